The number of hydrogen-bond acceptors (Lipinski definition) is 7. The standard InChI is InChI=1S/C23H21N3O6/c1-30-21-12-17(19(26(28)29)13-22(21)31-2)14-24-25-23(27)18-10-6-7-11-20(18)32-15-16-8-4-3-5-9-16/h3-14H,15H2,1-2H3,(H,25,27)/b24-14+. The molecular formula is C23H21N3O6. The number of para-hydroxylation sites is 1. The van der Waals surface area contributed by atoms with Crippen LogP contribution in [0.5, 0.6) is 17.2 Å². The van der Waals surface area contributed by atoms with Gasteiger partial charge in [-0.05, 0) is 23.8 Å². The van der Waals surface area contributed by atoms with E-state index in [9.17, 15) is 14.9 Å². The SMILES string of the molecule is COc1cc(/C=N/NC(=O)c2ccccc2OCc2ccccc2)c([N+](=O)[O-])cc1OC. The van der Waals surface area contributed by atoms with Crippen molar-refractivity contribution in [1.82, 2.24) is 5.43 Å². The Kier molecular flexibility index (Phi) is 7.37. The van der Waals surface area contributed by atoms with Gasteiger partial charge < -0.3 is 14.2 Å². The lowest BCUT2D eigenvalue weighted by Crippen LogP contribution is -2.18. The molecule has 0 aliphatic carbocycles. The summed E-state index contributed by atoms with van der Waals surface area (Å²) >= 11 is 0. The number of carbonyl (C=O) groups excluding carboxylic acids is 1. The van der Waals surface area contributed by atoms with Gasteiger partial charge in [-0.25, -0.2) is 5.43 Å². The zero-order valence-electron chi connectivity index (χ0n) is 17.5. The van der Waals surface area contributed by atoms with E-state index in [1.807, 2.05) is 30.3 Å². The van der Waals surface area contributed by atoms with Gasteiger partial charge in [0.15, 0.2) is 11.5 Å². The first-order valence-corrected chi connectivity index (χ1v) is 9.53. The van der Waals surface area contributed by atoms with Gasteiger partial charge in [0.05, 0.1) is 42.6 Å². The molecule has 0 aliphatic heterocycles. The number of benzene rings is 3. The van der Waals surface area contributed by atoms with Crippen molar-refractivity contribution in [3.63, 3.8) is 0 Å². The van der Waals surface area contributed by atoms with E-state index in [-0.39, 0.29) is 22.6 Å². The third-order valence-corrected chi connectivity index (χ3v) is 4.47. The van der Waals surface area contributed by atoms with Crippen LogP contribution in [0.25, 0.3) is 0 Å². The Balaban J connectivity index is 1.75. The molecule has 0 aliphatic rings. The summed E-state index contributed by atoms with van der Waals surface area (Å²) < 4.78 is 16.1. The largest absolute Gasteiger partial charge is 0.493 e. The van der Waals surface area contributed by atoms with Gasteiger partial charge in [0, 0.05) is 0 Å². The van der Waals surface area contributed by atoms with Crippen LogP contribution in [0.1, 0.15) is 21.5 Å². The number of rotatable bonds is 9. The number of methoxy groups -OCH3 is 2. The van der Waals surface area contributed by atoms with Crippen LogP contribution in [0.3, 0.4) is 0 Å². The maximum absolute atomic E-state index is 12.6. The number of carbonyl (C=O) groups is 1. The van der Waals surface area contributed by atoms with Gasteiger partial charge in [0.25, 0.3) is 11.6 Å². The molecule has 0 unspecified atom stereocenters. The van der Waals surface area contributed by atoms with Gasteiger partial charge in [0.2, 0.25) is 0 Å². The van der Waals surface area contributed by atoms with E-state index in [4.69, 9.17) is 14.2 Å². The number of amides is 1. The predicted molar refractivity (Wildman–Crippen MR) is 118 cm³/mol. The minimum Gasteiger partial charge on any atom is -0.493 e. The Labute approximate surface area is 184 Å². The molecule has 1 amide bonds. The lowest BCUT2D eigenvalue weighted by Gasteiger charge is -2.10. The molecule has 0 aromatic heterocycles. The highest BCUT2D eigenvalue weighted by atomic mass is 16.6. The van der Waals surface area contributed by atoms with Crippen LogP contribution < -0.4 is 19.6 Å². The molecule has 1 N–H and O–H groups in total. The van der Waals surface area contributed by atoms with E-state index in [0.717, 1.165) is 5.56 Å². The van der Waals surface area contributed by atoms with E-state index in [0.29, 0.717) is 18.1 Å². The van der Waals surface area contributed by atoms with E-state index in [1.165, 1.54) is 32.6 Å². The molecule has 0 saturated heterocycles. The Morgan fingerprint density at radius 3 is 2.34 bits per heavy atom. The number of nitrogens with zero attached hydrogens (tertiary/aromatic N) is 2. The first-order valence-electron chi connectivity index (χ1n) is 9.53. The van der Waals surface area contributed by atoms with Gasteiger partial charge >= 0.3 is 0 Å². The molecule has 0 saturated carbocycles. The second-order valence-electron chi connectivity index (χ2n) is 6.49. The van der Waals surface area contributed by atoms with Gasteiger partial charge in [-0.1, -0.05) is 42.5 Å². The van der Waals surface area contributed by atoms with Gasteiger partial charge in [-0.2, -0.15) is 5.10 Å². The van der Waals surface area contributed by atoms with Crippen molar-refractivity contribution in [2.45, 2.75) is 6.61 Å². The van der Waals surface area contributed by atoms with E-state index >= 15 is 0 Å². The molecule has 3 aromatic rings. The van der Waals surface area contributed by atoms with Gasteiger partial charge in [-0.15, -0.1) is 0 Å². The molecular weight excluding hydrogens is 414 g/mol. The predicted octanol–water partition coefficient (Wildman–Crippen LogP) is 3.95. The van der Waals surface area contributed by atoms with Crippen LogP contribution in [0.4, 0.5) is 5.69 Å². The van der Waals surface area contributed by atoms with E-state index in [2.05, 4.69) is 10.5 Å². The summed E-state index contributed by atoms with van der Waals surface area (Å²) in [6, 6.07) is 18.9. The van der Waals surface area contributed by atoms with Crippen LogP contribution >= 0.6 is 0 Å². The maximum Gasteiger partial charge on any atom is 0.282 e. The van der Waals surface area contributed by atoms with Gasteiger partial charge in [-0.3, -0.25) is 14.9 Å². The number of ether oxygens (including phenoxy) is 3. The van der Waals surface area contributed by atoms with Crippen molar-refractivity contribution in [2.75, 3.05) is 14.2 Å². The van der Waals surface area contributed by atoms with Crippen molar-refractivity contribution in [3.8, 4) is 17.2 Å². The Morgan fingerprint density at radius 1 is 1.00 bits per heavy atom. The van der Waals surface area contributed by atoms with E-state index < -0.39 is 10.8 Å². The molecule has 0 bridgehead atoms. The zero-order chi connectivity index (χ0) is 22.9. The molecule has 0 fully saturated rings. The number of nitro groups is 1. The Hall–Kier alpha value is -4.40. The summed E-state index contributed by atoms with van der Waals surface area (Å²) in [5.74, 6) is 0.379. The molecule has 32 heavy (non-hydrogen) atoms. The molecule has 0 heterocycles. The summed E-state index contributed by atoms with van der Waals surface area (Å²) in [5, 5.41) is 15.3. The fourth-order valence-corrected chi connectivity index (χ4v) is 2.88. The molecule has 3 aromatic carbocycles. The maximum atomic E-state index is 12.6. The molecule has 164 valence electrons. The third-order valence-electron chi connectivity index (χ3n) is 4.47. The molecule has 0 spiro atoms. The molecule has 3 rings (SSSR count). The molecule has 9 heteroatoms. The minimum atomic E-state index is -0.572. The highest BCUT2D eigenvalue weighted by Gasteiger charge is 2.18. The first kappa shape index (κ1) is 22.3. The van der Waals surface area contributed by atoms with Crippen molar-refractivity contribution in [2.24, 2.45) is 5.10 Å². The van der Waals surface area contributed by atoms with Crippen LogP contribution in [-0.4, -0.2) is 31.3 Å². The summed E-state index contributed by atoms with van der Waals surface area (Å²) in [6.07, 6.45) is 1.17. The summed E-state index contributed by atoms with van der Waals surface area (Å²) in [4.78, 5) is 23.4. The average Bonchev–Trinajstić information content (AvgIpc) is 2.82. The Bertz CT molecular complexity index is 1130. The van der Waals surface area contributed by atoms with Crippen LogP contribution in [0, 0.1) is 10.1 Å². The second kappa shape index (κ2) is 10.6. The smallest absolute Gasteiger partial charge is 0.282 e. The normalized spacial score (nSPS) is 10.6. The lowest BCUT2D eigenvalue weighted by molar-refractivity contribution is -0.385. The third kappa shape index (κ3) is 5.39. The fraction of sp³-hybridized carbons (Fsp3) is 0.130. The van der Waals surface area contributed by atoms with Crippen molar-refractivity contribution in [3.05, 3.63) is 93.5 Å². The molecule has 0 atom stereocenters. The summed E-state index contributed by atoms with van der Waals surface area (Å²) in [6.45, 7) is 0.298. The Morgan fingerprint density at radius 2 is 1.66 bits per heavy atom. The lowest BCUT2D eigenvalue weighted by atomic mass is 10.1. The number of hydrogen-bond donors (Lipinski definition) is 1. The van der Waals surface area contributed by atoms with Crippen molar-refractivity contribution in [1.29, 1.82) is 0 Å². The van der Waals surface area contributed by atoms with E-state index in [1.54, 1.807) is 24.3 Å². The van der Waals surface area contributed by atoms with Gasteiger partial charge in [0.1, 0.15) is 12.4 Å². The van der Waals surface area contributed by atoms with Crippen LogP contribution in [-0.2, 0) is 6.61 Å². The topological polar surface area (TPSA) is 112 Å². The average molecular weight is 435 g/mol. The van der Waals surface area contributed by atoms with Crippen LogP contribution in [0.15, 0.2) is 71.8 Å². The highest BCUT2D eigenvalue weighted by molar-refractivity contribution is 5.97. The van der Waals surface area contributed by atoms with Crippen LogP contribution in [0.2, 0.25) is 0 Å². The zero-order valence-corrected chi connectivity index (χ0v) is 17.5. The first-order chi connectivity index (χ1) is 15.5. The summed E-state index contributed by atoms with van der Waals surface area (Å²) in [7, 11) is 2.80. The highest BCUT2D eigenvalue weighted by Crippen LogP contribution is 2.33. The second-order valence-corrected chi connectivity index (χ2v) is 6.49. The fourth-order valence-electron chi connectivity index (χ4n) is 2.88. The monoisotopic (exact) mass is 435 g/mol. The number of nitro benzene ring substituents is 1. The molecule has 0 radical (unpaired) electrons. The quantitative estimate of drug-likeness (QED) is 0.309. The van der Waals surface area contributed by atoms with Crippen molar-refractivity contribution >= 4 is 17.8 Å². The minimum absolute atomic E-state index is 0.140. The number of hydrazone groups is 1. The molecule has 9 nitrogen and oxygen atoms in total. The summed E-state index contributed by atoms with van der Waals surface area (Å²) in [5.41, 5.74) is 3.51. The van der Waals surface area contributed by atoms with Crippen molar-refractivity contribution < 1.29 is 23.9 Å². The number of nitrogens with one attached hydrogen (secondary N) is 1.